The molecule has 86 valence electrons. The molecule has 1 atom stereocenters. The van der Waals surface area contributed by atoms with E-state index in [0.29, 0.717) is 5.41 Å². The van der Waals surface area contributed by atoms with Gasteiger partial charge in [0.25, 0.3) is 0 Å². The summed E-state index contributed by atoms with van der Waals surface area (Å²) in [6.45, 7) is 4.11. The van der Waals surface area contributed by atoms with Crippen molar-refractivity contribution < 1.29 is 4.74 Å². The predicted octanol–water partition coefficient (Wildman–Crippen LogP) is 0.646. The second kappa shape index (κ2) is 4.00. The van der Waals surface area contributed by atoms with E-state index in [9.17, 15) is 0 Å². The average molecular weight is 211 g/mol. The fraction of sp³-hybridized carbons (Fsp3) is 0.909. The van der Waals surface area contributed by atoms with Gasteiger partial charge in [-0.25, -0.2) is 0 Å². The molecular formula is C11H21N3O. The van der Waals surface area contributed by atoms with Crippen LogP contribution in [0.15, 0.2) is 4.99 Å². The van der Waals surface area contributed by atoms with Crippen molar-refractivity contribution in [3.05, 3.63) is 0 Å². The number of aliphatic imine (C=N–C) groups is 1. The highest BCUT2D eigenvalue weighted by molar-refractivity contribution is 5.79. The first-order chi connectivity index (χ1) is 7.17. The maximum atomic E-state index is 5.52. The smallest absolute Gasteiger partial charge is 0.195 e. The van der Waals surface area contributed by atoms with Gasteiger partial charge < -0.3 is 14.5 Å². The molecule has 4 nitrogen and oxygen atoms in total. The van der Waals surface area contributed by atoms with Gasteiger partial charge in [0.1, 0.15) is 0 Å². The van der Waals surface area contributed by atoms with Crippen LogP contribution in [-0.4, -0.2) is 63.2 Å². The lowest BCUT2D eigenvalue weighted by Crippen LogP contribution is -2.40. The maximum absolute atomic E-state index is 5.52. The van der Waals surface area contributed by atoms with Crippen molar-refractivity contribution in [3.8, 4) is 0 Å². The Bertz CT molecular complexity index is 257. The Morgan fingerprint density at radius 3 is 2.73 bits per heavy atom. The standard InChI is InChI=1S/C11H21N3O/c1-12-10(13(2)3)14-6-4-11(8-14)5-7-15-9-11/h4-9H2,1-3H3. The Kier molecular flexibility index (Phi) is 2.87. The summed E-state index contributed by atoms with van der Waals surface area (Å²) in [7, 11) is 5.97. The molecule has 2 saturated heterocycles. The zero-order valence-corrected chi connectivity index (χ0v) is 9.99. The first-order valence-electron chi connectivity index (χ1n) is 5.64. The van der Waals surface area contributed by atoms with E-state index in [1.807, 2.05) is 7.05 Å². The normalized spacial score (nSPS) is 31.7. The number of guanidine groups is 1. The summed E-state index contributed by atoms with van der Waals surface area (Å²) in [5.74, 6) is 1.10. The van der Waals surface area contributed by atoms with Crippen LogP contribution in [0.2, 0.25) is 0 Å². The zero-order chi connectivity index (χ0) is 10.9. The molecular weight excluding hydrogens is 190 g/mol. The highest BCUT2D eigenvalue weighted by Gasteiger charge is 2.42. The molecule has 0 aliphatic carbocycles. The van der Waals surface area contributed by atoms with Crippen LogP contribution in [0, 0.1) is 5.41 Å². The molecule has 0 aromatic carbocycles. The summed E-state index contributed by atoms with van der Waals surface area (Å²) < 4.78 is 5.52. The predicted molar refractivity (Wildman–Crippen MR) is 61.1 cm³/mol. The van der Waals surface area contributed by atoms with Gasteiger partial charge in [0.05, 0.1) is 6.61 Å². The lowest BCUT2D eigenvalue weighted by atomic mass is 9.87. The molecule has 2 aliphatic heterocycles. The summed E-state index contributed by atoms with van der Waals surface area (Å²) in [6.07, 6.45) is 2.47. The lowest BCUT2D eigenvalue weighted by molar-refractivity contribution is 0.156. The number of nitrogens with zero attached hydrogens (tertiary/aromatic N) is 3. The van der Waals surface area contributed by atoms with Crippen molar-refractivity contribution >= 4 is 5.96 Å². The molecule has 0 aromatic rings. The van der Waals surface area contributed by atoms with Gasteiger partial charge in [-0.3, -0.25) is 4.99 Å². The van der Waals surface area contributed by atoms with Crippen LogP contribution in [0.4, 0.5) is 0 Å². The van der Waals surface area contributed by atoms with Gasteiger partial charge in [-0.15, -0.1) is 0 Å². The molecule has 2 heterocycles. The van der Waals surface area contributed by atoms with Crippen LogP contribution in [0.25, 0.3) is 0 Å². The number of likely N-dealkylation sites (tertiary alicyclic amines) is 1. The van der Waals surface area contributed by atoms with E-state index >= 15 is 0 Å². The van der Waals surface area contributed by atoms with E-state index in [0.717, 1.165) is 32.3 Å². The number of hydrogen-bond donors (Lipinski definition) is 0. The van der Waals surface area contributed by atoms with Gasteiger partial charge in [0.15, 0.2) is 5.96 Å². The number of rotatable bonds is 0. The van der Waals surface area contributed by atoms with Crippen molar-refractivity contribution in [2.75, 3.05) is 47.4 Å². The van der Waals surface area contributed by atoms with E-state index in [4.69, 9.17) is 4.74 Å². The minimum absolute atomic E-state index is 0.423. The molecule has 2 fully saturated rings. The molecule has 1 spiro atoms. The third-order valence-electron chi connectivity index (χ3n) is 3.51. The van der Waals surface area contributed by atoms with E-state index in [2.05, 4.69) is 28.9 Å². The molecule has 2 aliphatic rings. The Hall–Kier alpha value is -0.770. The van der Waals surface area contributed by atoms with E-state index in [1.165, 1.54) is 12.8 Å². The van der Waals surface area contributed by atoms with Gasteiger partial charge >= 0.3 is 0 Å². The van der Waals surface area contributed by atoms with Crippen molar-refractivity contribution in [2.45, 2.75) is 12.8 Å². The summed E-state index contributed by atoms with van der Waals surface area (Å²) in [4.78, 5) is 8.83. The minimum atomic E-state index is 0.423. The van der Waals surface area contributed by atoms with Crippen molar-refractivity contribution in [1.29, 1.82) is 0 Å². The Morgan fingerprint density at radius 2 is 2.20 bits per heavy atom. The molecule has 0 radical (unpaired) electrons. The van der Waals surface area contributed by atoms with Crippen molar-refractivity contribution in [3.63, 3.8) is 0 Å². The number of hydrogen-bond acceptors (Lipinski definition) is 2. The third kappa shape index (κ3) is 1.95. The SMILES string of the molecule is CN=C(N(C)C)N1CCC2(CCOC2)C1. The highest BCUT2D eigenvalue weighted by Crippen LogP contribution is 2.38. The molecule has 2 rings (SSSR count). The molecule has 4 heteroatoms. The third-order valence-corrected chi connectivity index (χ3v) is 3.51. The van der Waals surface area contributed by atoms with Crippen LogP contribution < -0.4 is 0 Å². The fourth-order valence-electron chi connectivity index (χ4n) is 2.70. The molecule has 0 N–H and O–H groups in total. The van der Waals surface area contributed by atoms with Gasteiger partial charge in [0, 0.05) is 46.3 Å². The van der Waals surface area contributed by atoms with E-state index in [1.54, 1.807) is 0 Å². The monoisotopic (exact) mass is 211 g/mol. The Balaban J connectivity index is 2.03. The van der Waals surface area contributed by atoms with E-state index in [-0.39, 0.29) is 0 Å². The van der Waals surface area contributed by atoms with Crippen molar-refractivity contribution in [2.24, 2.45) is 10.4 Å². The first-order valence-corrected chi connectivity index (χ1v) is 5.64. The second-order valence-electron chi connectivity index (χ2n) is 4.89. The maximum Gasteiger partial charge on any atom is 0.195 e. The van der Waals surface area contributed by atoms with Crippen LogP contribution in [0.5, 0.6) is 0 Å². The van der Waals surface area contributed by atoms with Crippen LogP contribution in [0.3, 0.4) is 0 Å². The molecule has 15 heavy (non-hydrogen) atoms. The molecule has 0 bridgehead atoms. The van der Waals surface area contributed by atoms with Crippen LogP contribution >= 0.6 is 0 Å². The van der Waals surface area contributed by atoms with Gasteiger partial charge in [-0.2, -0.15) is 0 Å². The van der Waals surface area contributed by atoms with Gasteiger partial charge in [-0.1, -0.05) is 0 Å². The molecule has 0 amide bonds. The summed E-state index contributed by atoms with van der Waals surface area (Å²) >= 11 is 0. The van der Waals surface area contributed by atoms with Crippen LogP contribution in [-0.2, 0) is 4.74 Å². The highest BCUT2D eigenvalue weighted by atomic mass is 16.5. The minimum Gasteiger partial charge on any atom is -0.381 e. The Morgan fingerprint density at radius 1 is 1.40 bits per heavy atom. The first kappa shape index (κ1) is 10.7. The zero-order valence-electron chi connectivity index (χ0n) is 9.99. The average Bonchev–Trinajstić information content (AvgIpc) is 2.79. The molecule has 0 saturated carbocycles. The van der Waals surface area contributed by atoms with Crippen molar-refractivity contribution in [1.82, 2.24) is 9.80 Å². The largest absolute Gasteiger partial charge is 0.381 e. The quantitative estimate of drug-likeness (QED) is 0.435. The molecule has 0 aromatic heterocycles. The second-order valence-corrected chi connectivity index (χ2v) is 4.89. The van der Waals surface area contributed by atoms with E-state index < -0.39 is 0 Å². The van der Waals surface area contributed by atoms with Gasteiger partial charge in [-0.05, 0) is 12.8 Å². The van der Waals surface area contributed by atoms with Crippen LogP contribution in [0.1, 0.15) is 12.8 Å². The topological polar surface area (TPSA) is 28.1 Å². The fourth-order valence-corrected chi connectivity index (χ4v) is 2.70. The number of ether oxygens (including phenoxy) is 1. The Labute approximate surface area is 91.9 Å². The molecule has 1 unspecified atom stereocenters. The van der Waals surface area contributed by atoms with Gasteiger partial charge in [0.2, 0.25) is 0 Å². The summed E-state index contributed by atoms with van der Waals surface area (Å²) in [5.41, 5.74) is 0.423. The summed E-state index contributed by atoms with van der Waals surface area (Å²) in [5, 5.41) is 0. The lowest BCUT2D eigenvalue weighted by Gasteiger charge is -2.27. The summed E-state index contributed by atoms with van der Waals surface area (Å²) in [6, 6.07) is 0.